The first-order valence-electron chi connectivity index (χ1n) is 9.03. The van der Waals surface area contributed by atoms with Crippen LogP contribution in [0.4, 0.5) is 4.79 Å². The average molecular weight is 411 g/mol. The molecule has 0 heterocycles. The fourth-order valence-corrected chi connectivity index (χ4v) is 2.52. The van der Waals surface area contributed by atoms with Crippen LogP contribution in [0.3, 0.4) is 0 Å². The quantitative estimate of drug-likeness (QED) is 0.480. The predicted molar refractivity (Wildman–Crippen MR) is 105 cm³/mol. The molecule has 0 unspecified atom stereocenters. The third-order valence-corrected chi connectivity index (χ3v) is 4.14. The second kappa shape index (κ2) is 11.2. The summed E-state index contributed by atoms with van der Waals surface area (Å²) in [5.41, 5.74) is 1.76. The molecule has 2 rings (SSSR count). The largest absolute Gasteiger partial charge is 0.480 e. The molecule has 0 saturated heterocycles. The monoisotopic (exact) mass is 411 g/mol. The van der Waals surface area contributed by atoms with E-state index in [1.807, 2.05) is 12.1 Å². The molecule has 0 aromatic heterocycles. The molecule has 0 spiro atoms. The van der Waals surface area contributed by atoms with E-state index in [0.717, 1.165) is 5.56 Å². The number of aliphatic hydroxyl groups is 1. The number of carbonyl (C=O) groups is 3. The Bertz CT molecular complexity index is 909. The fourth-order valence-electron chi connectivity index (χ4n) is 2.52. The first-order chi connectivity index (χ1) is 14.4. The zero-order valence-corrected chi connectivity index (χ0v) is 15.9. The van der Waals surface area contributed by atoms with Crippen molar-refractivity contribution in [2.45, 2.75) is 25.1 Å². The maximum Gasteiger partial charge on any atom is 0.408 e. The highest BCUT2D eigenvalue weighted by molar-refractivity contribution is 5.89. The number of rotatable bonds is 9. The Kier molecular flexibility index (Phi) is 8.35. The number of benzene rings is 2. The van der Waals surface area contributed by atoms with Gasteiger partial charge in [0.15, 0.2) is 0 Å². The molecule has 156 valence electrons. The van der Waals surface area contributed by atoms with Gasteiger partial charge in [0.25, 0.3) is 0 Å². The van der Waals surface area contributed by atoms with Gasteiger partial charge in [-0.3, -0.25) is 4.79 Å². The van der Waals surface area contributed by atoms with E-state index in [1.54, 1.807) is 36.4 Å². The molecule has 0 aliphatic rings. The van der Waals surface area contributed by atoms with Crippen LogP contribution in [0.15, 0.2) is 54.6 Å². The summed E-state index contributed by atoms with van der Waals surface area (Å²) in [5, 5.41) is 32.1. The highest BCUT2D eigenvalue weighted by atomic mass is 16.5. The molecule has 2 aromatic carbocycles. The molecule has 30 heavy (non-hydrogen) atoms. The number of carboxylic acid groups (broad SMARTS) is 1. The van der Waals surface area contributed by atoms with Gasteiger partial charge in [-0.1, -0.05) is 42.5 Å². The number of aliphatic hydroxyl groups excluding tert-OH is 1. The third kappa shape index (κ3) is 6.92. The fraction of sp³-hybridized carbons (Fsp3) is 0.238. The second-order valence-electron chi connectivity index (χ2n) is 6.35. The molecule has 2 aromatic rings. The summed E-state index contributed by atoms with van der Waals surface area (Å²) in [6.07, 6.45) is -0.962. The van der Waals surface area contributed by atoms with Crippen molar-refractivity contribution < 1.29 is 29.3 Å². The van der Waals surface area contributed by atoms with E-state index in [9.17, 15) is 24.6 Å². The Hall–Kier alpha value is -3.90. The van der Waals surface area contributed by atoms with Crippen LogP contribution in [-0.2, 0) is 27.4 Å². The lowest BCUT2D eigenvalue weighted by Gasteiger charge is -2.20. The van der Waals surface area contributed by atoms with Crippen LogP contribution in [0, 0.1) is 11.3 Å². The maximum atomic E-state index is 12.3. The van der Waals surface area contributed by atoms with Crippen LogP contribution in [0.2, 0.25) is 0 Å². The summed E-state index contributed by atoms with van der Waals surface area (Å²) in [4.78, 5) is 35.7. The van der Waals surface area contributed by atoms with Crippen LogP contribution in [0.1, 0.15) is 16.7 Å². The Morgan fingerprint density at radius 2 is 1.63 bits per heavy atom. The Labute approximate surface area is 172 Å². The number of aliphatic carboxylic acids is 1. The van der Waals surface area contributed by atoms with Gasteiger partial charge in [-0.15, -0.1) is 0 Å². The lowest BCUT2D eigenvalue weighted by atomic mass is 10.0. The average Bonchev–Trinajstić information content (AvgIpc) is 2.76. The lowest BCUT2D eigenvalue weighted by molar-refractivity contribution is -0.142. The van der Waals surface area contributed by atoms with Gasteiger partial charge in [-0.05, 0) is 23.3 Å². The molecular formula is C21H21N3O6. The number of ether oxygens (including phenoxy) is 1. The molecule has 0 saturated carbocycles. The topological polar surface area (TPSA) is 149 Å². The van der Waals surface area contributed by atoms with Gasteiger partial charge in [0.1, 0.15) is 18.7 Å². The molecule has 0 aliphatic heterocycles. The maximum absolute atomic E-state index is 12.3. The summed E-state index contributed by atoms with van der Waals surface area (Å²) in [6, 6.07) is 14.4. The molecule has 9 nitrogen and oxygen atoms in total. The first-order valence-corrected chi connectivity index (χ1v) is 9.03. The zero-order valence-electron chi connectivity index (χ0n) is 15.9. The minimum atomic E-state index is -1.38. The Balaban J connectivity index is 1.92. The van der Waals surface area contributed by atoms with Crippen molar-refractivity contribution in [1.82, 2.24) is 10.6 Å². The zero-order chi connectivity index (χ0) is 21.9. The van der Waals surface area contributed by atoms with E-state index in [2.05, 4.69) is 10.6 Å². The van der Waals surface area contributed by atoms with Gasteiger partial charge in [0.05, 0.1) is 18.2 Å². The lowest BCUT2D eigenvalue weighted by Crippen LogP contribution is -2.53. The summed E-state index contributed by atoms with van der Waals surface area (Å²) >= 11 is 0. The number of nitrogens with zero attached hydrogens (tertiary/aromatic N) is 1. The van der Waals surface area contributed by atoms with Gasteiger partial charge in [-0.2, -0.15) is 5.26 Å². The number of hydrogen-bond donors (Lipinski definition) is 4. The molecule has 0 radical (unpaired) electrons. The van der Waals surface area contributed by atoms with E-state index in [0.29, 0.717) is 11.1 Å². The molecule has 0 aliphatic carbocycles. The van der Waals surface area contributed by atoms with Gasteiger partial charge in [-0.25, -0.2) is 9.59 Å². The number of nitrogens with one attached hydrogen (secondary N) is 2. The van der Waals surface area contributed by atoms with E-state index < -0.39 is 36.7 Å². The molecule has 0 bridgehead atoms. The van der Waals surface area contributed by atoms with E-state index in [-0.39, 0.29) is 13.0 Å². The minimum Gasteiger partial charge on any atom is -0.480 e. The summed E-state index contributed by atoms with van der Waals surface area (Å²) in [6.45, 7) is -0.766. The molecule has 2 atom stereocenters. The van der Waals surface area contributed by atoms with Crippen molar-refractivity contribution >= 4 is 18.0 Å². The Morgan fingerprint density at radius 1 is 0.967 bits per heavy atom. The summed E-state index contributed by atoms with van der Waals surface area (Å²) in [7, 11) is 0. The highest BCUT2D eigenvalue weighted by Crippen LogP contribution is 2.07. The molecule has 9 heteroatoms. The SMILES string of the molecule is N#Cc1ccc(C[C@@H](NC(=O)[C@H](CO)NC(=O)OCc2ccccc2)C(=O)O)cc1. The molecule has 2 amide bonds. The van der Waals surface area contributed by atoms with Crippen LogP contribution in [0.25, 0.3) is 0 Å². The molecular weight excluding hydrogens is 390 g/mol. The summed E-state index contributed by atoms with van der Waals surface area (Å²) in [5.74, 6) is -2.15. The van der Waals surface area contributed by atoms with Crippen LogP contribution < -0.4 is 10.6 Å². The number of amides is 2. The highest BCUT2D eigenvalue weighted by Gasteiger charge is 2.26. The van der Waals surface area contributed by atoms with Gasteiger partial charge in [0, 0.05) is 6.42 Å². The van der Waals surface area contributed by atoms with E-state index in [4.69, 9.17) is 10.00 Å². The van der Waals surface area contributed by atoms with Crippen molar-refractivity contribution in [3.05, 3.63) is 71.3 Å². The van der Waals surface area contributed by atoms with Crippen LogP contribution in [-0.4, -0.2) is 46.9 Å². The van der Waals surface area contributed by atoms with Crippen molar-refractivity contribution in [3.63, 3.8) is 0 Å². The number of alkyl carbamates (subject to hydrolysis) is 1. The van der Waals surface area contributed by atoms with Crippen molar-refractivity contribution in [3.8, 4) is 6.07 Å². The Morgan fingerprint density at radius 3 is 2.20 bits per heavy atom. The van der Waals surface area contributed by atoms with Crippen LogP contribution >= 0.6 is 0 Å². The first kappa shape index (κ1) is 22.4. The minimum absolute atomic E-state index is 0.0249. The molecule has 0 fully saturated rings. The third-order valence-electron chi connectivity index (χ3n) is 4.14. The second-order valence-corrected chi connectivity index (χ2v) is 6.35. The van der Waals surface area contributed by atoms with E-state index >= 15 is 0 Å². The standard InChI is InChI=1S/C21H21N3O6/c22-11-15-8-6-14(7-9-15)10-17(20(27)28)23-19(26)18(12-25)24-21(29)30-13-16-4-2-1-3-5-16/h1-9,17-18,25H,10,12-13H2,(H,23,26)(H,24,29)(H,27,28)/t17-,18+/m1/s1. The normalized spacial score (nSPS) is 12.1. The predicted octanol–water partition coefficient (Wildman–Crippen LogP) is 0.957. The number of carbonyl (C=O) groups excluding carboxylic acids is 2. The number of hydrogen-bond acceptors (Lipinski definition) is 6. The number of carboxylic acids is 1. The van der Waals surface area contributed by atoms with Gasteiger partial charge < -0.3 is 25.6 Å². The van der Waals surface area contributed by atoms with Crippen molar-refractivity contribution in [2.75, 3.05) is 6.61 Å². The summed E-state index contributed by atoms with van der Waals surface area (Å²) < 4.78 is 5.00. The van der Waals surface area contributed by atoms with Gasteiger partial charge in [0.2, 0.25) is 5.91 Å². The van der Waals surface area contributed by atoms with E-state index in [1.165, 1.54) is 12.1 Å². The smallest absolute Gasteiger partial charge is 0.408 e. The van der Waals surface area contributed by atoms with Crippen molar-refractivity contribution in [1.29, 1.82) is 5.26 Å². The molecule has 4 N–H and O–H groups in total. The van der Waals surface area contributed by atoms with Crippen molar-refractivity contribution in [2.24, 2.45) is 0 Å². The number of nitriles is 1. The van der Waals surface area contributed by atoms with Crippen LogP contribution in [0.5, 0.6) is 0 Å². The van der Waals surface area contributed by atoms with Gasteiger partial charge >= 0.3 is 12.1 Å².